The summed E-state index contributed by atoms with van der Waals surface area (Å²) >= 11 is 0. The van der Waals surface area contributed by atoms with Gasteiger partial charge in [-0.25, -0.2) is 4.39 Å². The van der Waals surface area contributed by atoms with Crippen LogP contribution in [0.25, 0.3) is 10.8 Å². The molecule has 1 N–H and O–H groups in total. The normalized spacial score (nSPS) is 25.8. The number of carbonyl (C=O) groups is 1. The van der Waals surface area contributed by atoms with Crippen molar-refractivity contribution >= 4 is 22.4 Å². The maximum atomic E-state index is 16.2. The van der Waals surface area contributed by atoms with Gasteiger partial charge in [-0.2, -0.15) is 0 Å². The van der Waals surface area contributed by atoms with E-state index in [4.69, 9.17) is 0 Å². The number of hydrogen-bond donors (Lipinski definition) is 1. The van der Waals surface area contributed by atoms with Crippen molar-refractivity contribution in [2.45, 2.75) is 62.9 Å². The fraction of sp³-hybridized carbons (Fsp3) is 0.414. The van der Waals surface area contributed by atoms with Gasteiger partial charge in [0.05, 0.1) is 11.8 Å². The Balaban J connectivity index is 1.23. The van der Waals surface area contributed by atoms with Gasteiger partial charge in [0.25, 0.3) is 5.91 Å². The van der Waals surface area contributed by atoms with Gasteiger partial charge < -0.3 is 10.0 Å². The van der Waals surface area contributed by atoms with E-state index in [0.29, 0.717) is 23.7 Å². The molecule has 2 aliphatic heterocycles. The third-order valence-electron chi connectivity index (χ3n) is 8.24. The summed E-state index contributed by atoms with van der Waals surface area (Å²) in [7, 11) is 0. The molecule has 1 saturated heterocycles. The van der Waals surface area contributed by atoms with Gasteiger partial charge in [-0.15, -0.1) is 0 Å². The summed E-state index contributed by atoms with van der Waals surface area (Å²) < 4.78 is 16.2. The molecule has 1 aliphatic carbocycles. The van der Waals surface area contributed by atoms with Crippen LogP contribution in [0.15, 0.2) is 60.7 Å². The first-order valence-electron chi connectivity index (χ1n) is 12.6. The van der Waals surface area contributed by atoms with Gasteiger partial charge in [-0.1, -0.05) is 61.5 Å². The largest absolute Gasteiger partial charge is 0.393 e. The molecule has 1 amide bonds. The lowest BCUT2D eigenvalue weighted by Gasteiger charge is -2.40. The number of likely N-dealkylation sites (tertiary alicyclic amines) is 1. The minimum absolute atomic E-state index is 0.0270. The molecule has 4 nitrogen and oxygen atoms in total. The number of rotatable bonds is 5. The van der Waals surface area contributed by atoms with Crippen LogP contribution in [-0.2, 0) is 16.9 Å². The van der Waals surface area contributed by atoms with Gasteiger partial charge in [0.1, 0.15) is 0 Å². The number of fused-ring (bicyclic) bond motifs is 1. The predicted octanol–water partition coefficient (Wildman–Crippen LogP) is 5.27. The first-order valence-corrected chi connectivity index (χ1v) is 12.6. The molecule has 34 heavy (non-hydrogen) atoms. The topological polar surface area (TPSA) is 43.8 Å². The van der Waals surface area contributed by atoms with Crippen molar-refractivity contribution in [1.82, 2.24) is 4.90 Å². The average molecular weight is 459 g/mol. The van der Waals surface area contributed by atoms with Gasteiger partial charge >= 0.3 is 0 Å². The Morgan fingerprint density at radius 1 is 1.06 bits per heavy atom. The summed E-state index contributed by atoms with van der Waals surface area (Å²) in [5, 5.41) is 12.9. The smallest absolute Gasteiger partial charge is 0.269 e. The number of halogens is 1. The zero-order valence-electron chi connectivity index (χ0n) is 19.6. The highest BCUT2D eigenvalue weighted by Crippen LogP contribution is 2.48. The Labute approximate surface area is 200 Å². The molecule has 0 spiro atoms. The van der Waals surface area contributed by atoms with Gasteiger partial charge in [0, 0.05) is 37.2 Å². The molecule has 0 bridgehead atoms. The molecule has 0 aromatic heterocycles. The average Bonchev–Trinajstić information content (AvgIpc) is 3.34. The Hall–Kier alpha value is -2.76. The minimum atomic E-state index is -2.15. The molecular weight excluding hydrogens is 427 g/mol. The van der Waals surface area contributed by atoms with Gasteiger partial charge in [0.2, 0.25) is 5.67 Å². The third kappa shape index (κ3) is 3.21. The zero-order valence-corrected chi connectivity index (χ0v) is 19.6. The maximum Gasteiger partial charge on any atom is 0.269 e. The van der Waals surface area contributed by atoms with Crippen molar-refractivity contribution in [3.05, 3.63) is 77.4 Å². The lowest BCUT2D eigenvalue weighted by molar-refractivity contribution is -0.132. The molecule has 5 heteroatoms. The number of alkyl halides is 1. The van der Waals surface area contributed by atoms with Crippen molar-refractivity contribution in [3.63, 3.8) is 0 Å². The second-order valence-electron chi connectivity index (χ2n) is 10.1. The highest BCUT2D eigenvalue weighted by molar-refractivity contribution is 6.07. The van der Waals surface area contributed by atoms with Crippen LogP contribution < -0.4 is 4.90 Å². The van der Waals surface area contributed by atoms with E-state index >= 15 is 4.39 Å². The number of piperidine rings is 1. The van der Waals surface area contributed by atoms with E-state index in [1.165, 1.54) is 21.9 Å². The molecular formula is C29H31FN2O2. The van der Waals surface area contributed by atoms with Crippen molar-refractivity contribution in [2.75, 3.05) is 18.0 Å². The van der Waals surface area contributed by atoms with Crippen molar-refractivity contribution in [2.24, 2.45) is 0 Å². The Morgan fingerprint density at radius 2 is 1.79 bits per heavy atom. The van der Waals surface area contributed by atoms with Gasteiger partial charge in [0.15, 0.2) is 0 Å². The van der Waals surface area contributed by atoms with Crippen LogP contribution in [0.5, 0.6) is 0 Å². The van der Waals surface area contributed by atoms with Crippen LogP contribution >= 0.6 is 0 Å². The minimum Gasteiger partial charge on any atom is -0.393 e. The fourth-order valence-corrected chi connectivity index (χ4v) is 6.46. The van der Waals surface area contributed by atoms with Crippen molar-refractivity contribution in [1.29, 1.82) is 0 Å². The van der Waals surface area contributed by atoms with Crippen LogP contribution in [0.4, 0.5) is 10.1 Å². The van der Waals surface area contributed by atoms with Gasteiger partial charge in [-0.05, 0) is 53.6 Å². The van der Waals surface area contributed by atoms with E-state index in [1.54, 1.807) is 17.0 Å². The highest BCUT2D eigenvalue weighted by Gasteiger charge is 2.54. The molecule has 0 radical (unpaired) electrons. The van der Waals surface area contributed by atoms with Crippen LogP contribution in [0.3, 0.4) is 0 Å². The number of nitrogens with zero attached hydrogens (tertiary/aromatic N) is 2. The number of benzene rings is 3. The number of carbonyl (C=O) groups excluding carboxylic acids is 1. The summed E-state index contributed by atoms with van der Waals surface area (Å²) in [5.41, 5.74) is 1.76. The summed E-state index contributed by atoms with van der Waals surface area (Å²) in [6.45, 7) is 3.57. The van der Waals surface area contributed by atoms with Crippen LogP contribution in [0.1, 0.15) is 55.3 Å². The van der Waals surface area contributed by atoms with Crippen LogP contribution in [0.2, 0.25) is 0 Å². The molecule has 3 aromatic carbocycles. The lowest BCUT2D eigenvalue weighted by Crippen LogP contribution is -2.50. The van der Waals surface area contributed by atoms with E-state index in [-0.39, 0.29) is 12.5 Å². The van der Waals surface area contributed by atoms with Crippen molar-refractivity contribution < 1.29 is 14.3 Å². The molecule has 0 saturated carbocycles. The Morgan fingerprint density at radius 3 is 2.56 bits per heavy atom. The first-order chi connectivity index (χ1) is 16.5. The summed E-state index contributed by atoms with van der Waals surface area (Å²) in [6, 6.07) is 20.7. The molecule has 2 heterocycles. The van der Waals surface area contributed by atoms with Crippen LogP contribution in [-0.4, -0.2) is 41.1 Å². The van der Waals surface area contributed by atoms with Crippen LogP contribution in [0, 0.1) is 0 Å². The molecule has 1 fully saturated rings. The summed E-state index contributed by atoms with van der Waals surface area (Å²) in [5.74, 6) is -0.502. The number of para-hydroxylation sites is 1. The number of hydrogen-bond acceptors (Lipinski definition) is 3. The fourth-order valence-electron chi connectivity index (χ4n) is 6.46. The molecule has 3 unspecified atom stereocenters. The second kappa shape index (κ2) is 8.17. The van der Waals surface area contributed by atoms with E-state index in [1.807, 2.05) is 19.1 Å². The zero-order chi connectivity index (χ0) is 23.4. The molecule has 176 valence electrons. The monoisotopic (exact) mass is 458 g/mol. The molecule has 3 atom stereocenters. The Bertz CT molecular complexity index is 1250. The number of aliphatic hydroxyl groups excluding tert-OH is 1. The number of aliphatic hydroxyl groups is 1. The quantitative estimate of drug-likeness (QED) is 0.566. The maximum absolute atomic E-state index is 16.2. The summed E-state index contributed by atoms with van der Waals surface area (Å²) in [6.07, 6.45) is 2.06. The Kier molecular flexibility index (Phi) is 5.23. The standard InChI is InChI=1S/C29H31FN2O2/c1-2-22(33)18-29(30)24-11-3-4-12-25(24)32(28(29)34)21-13-15-31(16-14-21)26-17-20-9-5-7-19-8-6-10-23(26)27(19)20/h3-12,21-22,26,33H,2,13-18H2,1H3. The number of anilines is 1. The second-order valence-corrected chi connectivity index (χ2v) is 10.1. The van der Waals surface area contributed by atoms with E-state index < -0.39 is 17.7 Å². The molecule has 6 rings (SSSR count). The van der Waals surface area contributed by atoms with E-state index in [0.717, 1.165) is 32.4 Å². The third-order valence-corrected chi connectivity index (χ3v) is 8.24. The predicted molar refractivity (Wildman–Crippen MR) is 133 cm³/mol. The van der Waals surface area contributed by atoms with E-state index in [9.17, 15) is 9.90 Å². The lowest BCUT2D eigenvalue weighted by atomic mass is 9.90. The van der Waals surface area contributed by atoms with E-state index in [2.05, 4.69) is 41.3 Å². The van der Waals surface area contributed by atoms with Crippen molar-refractivity contribution in [3.8, 4) is 0 Å². The highest BCUT2D eigenvalue weighted by atomic mass is 19.1. The van der Waals surface area contributed by atoms with Gasteiger partial charge in [-0.3, -0.25) is 9.69 Å². The number of amides is 1. The molecule has 3 aromatic rings. The SMILES string of the molecule is CCC(O)CC1(F)C(=O)N(C2CCN(C3Cc4cccc5cccc3c45)CC2)c2ccccc21. The molecule has 3 aliphatic rings. The summed E-state index contributed by atoms with van der Waals surface area (Å²) in [4.78, 5) is 17.7. The first kappa shape index (κ1) is 21.8.